The van der Waals surface area contributed by atoms with Crippen LogP contribution in [0.25, 0.3) is 6.08 Å². The molecule has 0 aromatic heterocycles. The van der Waals surface area contributed by atoms with Crippen molar-refractivity contribution in [3.63, 3.8) is 0 Å². The second-order valence-electron chi connectivity index (χ2n) is 5.20. The maximum atomic E-state index is 11.8. The van der Waals surface area contributed by atoms with E-state index in [0.717, 1.165) is 22.6 Å². The van der Waals surface area contributed by atoms with E-state index in [9.17, 15) is 9.59 Å². The van der Waals surface area contributed by atoms with E-state index in [1.165, 1.54) is 13.0 Å². The van der Waals surface area contributed by atoms with Gasteiger partial charge in [-0.15, -0.1) is 0 Å². The van der Waals surface area contributed by atoms with Gasteiger partial charge in [-0.1, -0.05) is 24.3 Å². The van der Waals surface area contributed by atoms with Crippen LogP contribution in [0, 0.1) is 0 Å². The van der Waals surface area contributed by atoms with E-state index in [2.05, 4.69) is 10.6 Å². The topological polar surface area (TPSA) is 67.4 Å². The molecule has 0 saturated carbocycles. The van der Waals surface area contributed by atoms with Gasteiger partial charge in [0.05, 0.1) is 7.11 Å². The van der Waals surface area contributed by atoms with Crippen molar-refractivity contribution in [2.45, 2.75) is 13.5 Å². The molecule has 2 aromatic carbocycles. The van der Waals surface area contributed by atoms with Crippen molar-refractivity contribution in [3.05, 3.63) is 65.7 Å². The summed E-state index contributed by atoms with van der Waals surface area (Å²) < 4.78 is 5.09. The van der Waals surface area contributed by atoms with E-state index in [0.29, 0.717) is 6.54 Å². The molecule has 0 bridgehead atoms. The van der Waals surface area contributed by atoms with Gasteiger partial charge in [-0.2, -0.15) is 0 Å². The molecule has 0 spiro atoms. The minimum absolute atomic E-state index is 0.115. The highest BCUT2D eigenvalue weighted by molar-refractivity contribution is 5.92. The van der Waals surface area contributed by atoms with Crippen LogP contribution in [0.5, 0.6) is 5.75 Å². The quantitative estimate of drug-likeness (QED) is 0.803. The number of hydrogen-bond donors (Lipinski definition) is 2. The first-order chi connectivity index (χ1) is 11.6. The number of amides is 2. The highest BCUT2D eigenvalue weighted by atomic mass is 16.5. The molecule has 24 heavy (non-hydrogen) atoms. The first-order valence-corrected chi connectivity index (χ1v) is 7.53. The molecule has 0 aliphatic rings. The fourth-order valence-electron chi connectivity index (χ4n) is 2.04. The van der Waals surface area contributed by atoms with E-state index in [1.807, 2.05) is 36.4 Å². The average Bonchev–Trinajstić information content (AvgIpc) is 2.59. The van der Waals surface area contributed by atoms with Crippen LogP contribution in [0.2, 0.25) is 0 Å². The summed E-state index contributed by atoms with van der Waals surface area (Å²) in [6.45, 7) is 1.91. The third-order valence-corrected chi connectivity index (χ3v) is 3.28. The number of benzene rings is 2. The van der Waals surface area contributed by atoms with Crippen molar-refractivity contribution in [3.8, 4) is 5.75 Å². The molecule has 0 fully saturated rings. The molecule has 2 rings (SSSR count). The Balaban J connectivity index is 1.84. The van der Waals surface area contributed by atoms with E-state index in [4.69, 9.17) is 4.74 Å². The zero-order valence-electron chi connectivity index (χ0n) is 13.7. The van der Waals surface area contributed by atoms with E-state index in [-0.39, 0.29) is 11.8 Å². The van der Waals surface area contributed by atoms with Gasteiger partial charge in [0.2, 0.25) is 11.8 Å². The maximum absolute atomic E-state index is 11.8. The summed E-state index contributed by atoms with van der Waals surface area (Å²) >= 11 is 0. The fraction of sp³-hybridized carbons (Fsp3) is 0.158. The van der Waals surface area contributed by atoms with Crippen molar-refractivity contribution in [1.82, 2.24) is 5.32 Å². The number of hydrogen-bond acceptors (Lipinski definition) is 3. The van der Waals surface area contributed by atoms with Gasteiger partial charge in [0.1, 0.15) is 5.75 Å². The Hall–Kier alpha value is -3.08. The summed E-state index contributed by atoms with van der Waals surface area (Å²) in [5.41, 5.74) is 2.60. The van der Waals surface area contributed by atoms with Gasteiger partial charge in [-0.05, 0) is 41.5 Å². The lowest BCUT2D eigenvalue weighted by atomic mass is 10.2. The van der Waals surface area contributed by atoms with Crippen molar-refractivity contribution in [2.24, 2.45) is 0 Å². The number of anilines is 1. The predicted molar refractivity (Wildman–Crippen MR) is 94.6 cm³/mol. The van der Waals surface area contributed by atoms with Crippen LogP contribution in [0.3, 0.4) is 0 Å². The molecule has 5 nitrogen and oxygen atoms in total. The Labute approximate surface area is 141 Å². The number of ether oxygens (including phenoxy) is 1. The molecular weight excluding hydrogens is 304 g/mol. The molecule has 2 amide bonds. The van der Waals surface area contributed by atoms with Gasteiger partial charge in [0.25, 0.3) is 0 Å². The molecule has 0 heterocycles. The smallest absolute Gasteiger partial charge is 0.244 e. The Kier molecular flexibility index (Phi) is 6.14. The molecule has 5 heteroatoms. The second-order valence-corrected chi connectivity index (χ2v) is 5.20. The van der Waals surface area contributed by atoms with Gasteiger partial charge < -0.3 is 15.4 Å². The van der Waals surface area contributed by atoms with Gasteiger partial charge in [0, 0.05) is 25.2 Å². The summed E-state index contributed by atoms with van der Waals surface area (Å²) in [5.74, 6) is 0.501. The molecule has 0 aliphatic heterocycles. The number of carbonyl (C=O) groups is 2. The summed E-state index contributed by atoms with van der Waals surface area (Å²) in [6, 6.07) is 14.8. The van der Waals surface area contributed by atoms with E-state index in [1.54, 1.807) is 25.3 Å². The van der Waals surface area contributed by atoms with Crippen LogP contribution in [-0.4, -0.2) is 18.9 Å². The Bertz CT molecular complexity index is 719. The molecule has 0 saturated heterocycles. The van der Waals surface area contributed by atoms with Crippen molar-refractivity contribution in [1.29, 1.82) is 0 Å². The van der Waals surface area contributed by atoms with Crippen LogP contribution in [-0.2, 0) is 16.1 Å². The van der Waals surface area contributed by atoms with Gasteiger partial charge >= 0.3 is 0 Å². The minimum Gasteiger partial charge on any atom is -0.497 e. The molecule has 0 radical (unpaired) electrons. The van der Waals surface area contributed by atoms with Gasteiger partial charge in [-0.3, -0.25) is 9.59 Å². The highest BCUT2D eigenvalue weighted by Gasteiger charge is 1.99. The lowest BCUT2D eigenvalue weighted by Gasteiger charge is -2.04. The lowest BCUT2D eigenvalue weighted by molar-refractivity contribution is -0.116. The second kappa shape index (κ2) is 8.53. The van der Waals surface area contributed by atoms with Crippen LogP contribution >= 0.6 is 0 Å². The highest BCUT2D eigenvalue weighted by Crippen LogP contribution is 2.12. The SMILES string of the molecule is COc1ccc(CNC(=O)/C=C/c2ccc(NC(C)=O)cc2)cc1. The monoisotopic (exact) mass is 324 g/mol. The van der Waals surface area contributed by atoms with Crippen molar-refractivity contribution in [2.75, 3.05) is 12.4 Å². The zero-order valence-corrected chi connectivity index (χ0v) is 13.7. The molecule has 2 N–H and O–H groups in total. The Morgan fingerprint density at radius 2 is 1.71 bits per heavy atom. The number of nitrogens with one attached hydrogen (secondary N) is 2. The number of methoxy groups -OCH3 is 1. The summed E-state index contributed by atoms with van der Waals surface area (Å²) in [5, 5.41) is 5.51. The third kappa shape index (κ3) is 5.61. The first-order valence-electron chi connectivity index (χ1n) is 7.53. The lowest BCUT2D eigenvalue weighted by Crippen LogP contribution is -2.20. The first kappa shape index (κ1) is 17.3. The summed E-state index contributed by atoms with van der Waals surface area (Å²) in [4.78, 5) is 22.8. The van der Waals surface area contributed by atoms with Crippen LogP contribution in [0.15, 0.2) is 54.6 Å². The number of carbonyl (C=O) groups excluding carboxylic acids is 2. The molecular formula is C19H20N2O3. The van der Waals surface area contributed by atoms with E-state index >= 15 is 0 Å². The molecule has 2 aromatic rings. The largest absolute Gasteiger partial charge is 0.497 e. The Morgan fingerprint density at radius 3 is 2.29 bits per heavy atom. The average molecular weight is 324 g/mol. The zero-order chi connectivity index (χ0) is 17.4. The van der Waals surface area contributed by atoms with Crippen molar-refractivity contribution >= 4 is 23.6 Å². The summed E-state index contributed by atoms with van der Waals surface area (Å²) in [6.07, 6.45) is 3.21. The molecule has 0 unspecified atom stereocenters. The molecule has 0 aliphatic carbocycles. The van der Waals surface area contributed by atoms with Gasteiger partial charge in [-0.25, -0.2) is 0 Å². The minimum atomic E-state index is -0.170. The Morgan fingerprint density at radius 1 is 1.04 bits per heavy atom. The maximum Gasteiger partial charge on any atom is 0.244 e. The molecule has 0 atom stereocenters. The number of rotatable bonds is 6. The standard InChI is InChI=1S/C19H20N2O3/c1-14(22)21-17-8-3-15(4-9-17)7-12-19(23)20-13-16-5-10-18(24-2)11-6-16/h3-12H,13H2,1-2H3,(H,20,23)(H,21,22)/b12-7+. The predicted octanol–water partition coefficient (Wildman–Crippen LogP) is 2.98. The summed E-state index contributed by atoms with van der Waals surface area (Å²) in [7, 11) is 1.62. The van der Waals surface area contributed by atoms with Crippen LogP contribution < -0.4 is 15.4 Å². The van der Waals surface area contributed by atoms with Crippen LogP contribution in [0.4, 0.5) is 5.69 Å². The van der Waals surface area contributed by atoms with Crippen LogP contribution in [0.1, 0.15) is 18.1 Å². The normalized spacial score (nSPS) is 10.4. The van der Waals surface area contributed by atoms with Crippen molar-refractivity contribution < 1.29 is 14.3 Å². The molecule has 124 valence electrons. The fourth-order valence-corrected chi connectivity index (χ4v) is 2.04. The van der Waals surface area contributed by atoms with Gasteiger partial charge in [0.15, 0.2) is 0 Å². The van der Waals surface area contributed by atoms with E-state index < -0.39 is 0 Å². The third-order valence-electron chi connectivity index (χ3n) is 3.28.